The van der Waals surface area contributed by atoms with Gasteiger partial charge in [-0.05, 0) is 37.4 Å². The molecule has 0 aliphatic carbocycles. The summed E-state index contributed by atoms with van der Waals surface area (Å²) >= 11 is 1.63. The van der Waals surface area contributed by atoms with E-state index in [9.17, 15) is 9.59 Å². The number of hydrogen-bond acceptors (Lipinski definition) is 5. The Morgan fingerprint density at radius 1 is 1.41 bits per heavy atom. The van der Waals surface area contributed by atoms with Crippen LogP contribution in [0, 0.1) is 0 Å². The number of carboxylic acid groups (broad SMARTS) is 1. The summed E-state index contributed by atoms with van der Waals surface area (Å²) in [4.78, 5) is 25.9. The summed E-state index contributed by atoms with van der Waals surface area (Å²) in [5.41, 5.74) is 0. The lowest BCUT2D eigenvalue weighted by atomic mass is 10.2. The summed E-state index contributed by atoms with van der Waals surface area (Å²) in [6, 6.07) is 7.47. The number of morpholine rings is 1. The van der Waals surface area contributed by atoms with Crippen LogP contribution in [-0.2, 0) is 14.3 Å². The first-order chi connectivity index (χ1) is 10.5. The van der Waals surface area contributed by atoms with Crippen molar-refractivity contribution in [3.05, 3.63) is 24.3 Å². The van der Waals surface area contributed by atoms with Crippen molar-refractivity contribution in [3.63, 3.8) is 0 Å². The van der Waals surface area contributed by atoms with Crippen LogP contribution in [0.1, 0.15) is 6.92 Å². The van der Waals surface area contributed by atoms with Gasteiger partial charge in [-0.3, -0.25) is 4.79 Å². The van der Waals surface area contributed by atoms with E-state index in [2.05, 4.69) is 0 Å². The summed E-state index contributed by atoms with van der Waals surface area (Å²) in [5, 5.41) is 8.96. The molecule has 1 aromatic carbocycles. The monoisotopic (exact) mass is 325 g/mol. The summed E-state index contributed by atoms with van der Waals surface area (Å²) in [7, 11) is 0. The highest BCUT2D eigenvalue weighted by atomic mass is 32.2. The van der Waals surface area contributed by atoms with Gasteiger partial charge in [0.05, 0.1) is 13.2 Å². The predicted molar refractivity (Wildman–Crippen MR) is 82.3 cm³/mol. The molecule has 0 aromatic heterocycles. The van der Waals surface area contributed by atoms with Gasteiger partial charge in [-0.1, -0.05) is 0 Å². The second kappa shape index (κ2) is 7.51. The van der Waals surface area contributed by atoms with Gasteiger partial charge < -0.3 is 19.5 Å². The minimum atomic E-state index is -1.06. The van der Waals surface area contributed by atoms with E-state index in [0.29, 0.717) is 12.3 Å². The Morgan fingerprint density at radius 2 is 2.09 bits per heavy atom. The van der Waals surface area contributed by atoms with Gasteiger partial charge in [0.2, 0.25) is 0 Å². The van der Waals surface area contributed by atoms with Crippen molar-refractivity contribution in [2.75, 3.05) is 26.0 Å². The number of rotatable bonds is 5. The van der Waals surface area contributed by atoms with Crippen LogP contribution in [0.2, 0.25) is 0 Å². The molecule has 0 bridgehead atoms. The number of amides is 1. The average molecular weight is 325 g/mol. The molecule has 1 aromatic rings. The van der Waals surface area contributed by atoms with Crippen LogP contribution in [0.15, 0.2) is 29.2 Å². The SMILES string of the molecule is CSc1ccc(OC(C)C(=O)N2CCOC(C(=O)O)C2)cc1. The molecule has 1 heterocycles. The Bertz CT molecular complexity index is 533. The van der Waals surface area contributed by atoms with Crippen molar-refractivity contribution < 1.29 is 24.2 Å². The molecule has 2 atom stereocenters. The number of aliphatic carboxylic acids is 1. The van der Waals surface area contributed by atoms with E-state index < -0.39 is 18.2 Å². The number of nitrogens with zero attached hydrogens (tertiary/aromatic N) is 1. The molecule has 1 saturated heterocycles. The molecule has 22 heavy (non-hydrogen) atoms. The second-order valence-electron chi connectivity index (χ2n) is 4.92. The normalized spacial score (nSPS) is 19.5. The van der Waals surface area contributed by atoms with Gasteiger partial charge in [0.15, 0.2) is 12.2 Å². The van der Waals surface area contributed by atoms with Crippen molar-refractivity contribution >= 4 is 23.6 Å². The lowest BCUT2D eigenvalue weighted by Crippen LogP contribution is -2.51. The zero-order chi connectivity index (χ0) is 16.1. The molecule has 1 amide bonds. The van der Waals surface area contributed by atoms with Crippen LogP contribution >= 0.6 is 11.8 Å². The van der Waals surface area contributed by atoms with Crippen LogP contribution in [0.5, 0.6) is 5.75 Å². The maximum atomic E-state index is 12.3. The highest BCUT2D eigenvalue weighted by Crippen LogP contribution is 2.20. The first-order valence-electron chi connectivity index (χ1n) is 6.95. The van der Waals surface area contributed by atoms with E-state index in [1.54, 1.807) is 18.7 Å². The molecule has 1 aliphatic rings. The molecular formula is C15H19NO5S. The van der Waals surface area contributed by atoms with E-state index in [0.717, 1.165) is 4.90 Å². The lowest BCUT2D eigenvalue weighted by Gasteiger charge is -2.32. The van der Waals surface area contributed by atoms with E-state index >= 15 is 0 Å². The fraction of sp³-hybridized carbons (Fsp3) is 0.467. The molecule has 2 unspecified atom stereocenters. The number of carbonyl (C=O) groups is 2. The fourth-order valence-corrected chi connectivity index (χ4v) is 2.57. The third-order valence-corrected chi connectivity index (χ3v) is 4.12. The Morgan fingerprint density at radius 3 is 2.68 bits per heavy atom. The van der Waals surface area contributed by atoms with Crippen molar-refractivity contribution in [1.82, 2.24) is 4.90 Å². The largest absolute Gasteiger partial charge is 0.481 e. The smallest absolute Gasteiger partial charge is 0.334 e. The molecule has 0 spiro atoms. The molecular weight excluding hydrogens is 306 g/mol. The summed E-state index contributed by atoms with van der Waals surface area (Å²) in [6.45, 7) is 2.31. The van der Waals surface area contributed by atoms with Crippen LogP contribution in [0.3, 0.4) is 0 Å². The molecule has 0 saturated carbocycles. The minimum absolute atomic E-state index is 0.0489. The molecule has 6 nitrogen and oxygen atoms in total. The van der Waals surface area contributed by atoms with Crippen LogP contribution in [0.25, 0.3) is 0 Å². The van der Waals surface area contributed by atoms with Crippen LogP contribution in [-0.4, -0.2) is 60.0 Å². The number of benzene rings is 1. The number of thioether (sulfide) groups is 1. The van der Waals surface area contributed by atoms with Crippen molar-refractivity contribution in [3.8, 4) is 5.75 Å². The third kappa shape index (κ3) is 4.14. The molecule has 1 aliphatic heterocycles. The van der Waals surface area contributed by atoms with Crippen molar-refractivity contribution in [2.45, 2.75) is 24.0 Å². The maximum absolute atomic E-state index is 12.3. The Labute approximate surface area is 133 Å². The second-order valence-corrected chi connectivity index (χ2v) is 5.80. The first kappa shape index (κ1) is 16.6. The Kier molecular flexibility index (Phi) is 5.68. The van der Waals surface area contributed by atoms with E-state index in [1.807, 2.05) is 30.5 Å². The zero-order valence-corrected chi connectivity index (χ0v) is 13.3. The van der Waals surface area contributed by atoms with Gasteiger partial charge in [0.1, 0.15) is 5.75 Å². The average Bonchev–Trinajstić information content (AvgIpc) is 2.54. The minimum Gasteiger partial charge on any atom is -0.481 e. The van der Waals surface area contributed by atoms with Gasteiger partial charge in [-0.25, -0.2) is 4.79 Å². The molecule has 2 rings (SSSR count). The van der Waals surface area contributed by atoms with Crippen LogP contribution < -0.4 is 4.74 Å². The zero-order valence-electron chi connectivity index (χ0n) is 12.5. The van der Waals surface area contributed by atoms with E-state index in [-0.39, 0.29) is 19.1 Å². The topological polar surface area (TPSA) is 76.1 Å². The van der Waals surface area contributed by atoms with Gasteiger partial charge in [0.25, 0.3) is 5.91 Å². The number of ether oxygens (including phenoxy) is 2. The first-order valence-corrected chi connectivity index (χ1v) is 8.17. The number of hydrogen-bond donors (Lipinski definition) is 1. The molecule has 0 radical (unpaired) electrons. The Balaban J connectivity index is 1.94. The van der Waals surface area contributed by atoms with E-state index in [4.69, 9.17) is 14.6 Å². The summed E-state index contributed by atoms with van der Waals surface area (Å²) in [6.07, 6.45) is 0.345. The van der Waals surface area contributed by atoms with Gasteiger partial charge in [-0.2, -0.15) is 0 Å². The molecule has 1 N–H and O–H groups in total. The Hall–Kier alpha value is -1.73. The maximum Gasteiger partial charge on any atom is 0.334 e. The highest BCUT2D eigenvalue weighted by molar-refractivity contribution is 7.98. The highest BCUT2D eigenvalue weighted by Gasteiger charge is 2.31. The molecule has 120 valence electrons. The van der Waals surface area contributed by atoms with Gasteiger partial charge in [-0.15, -0.1) is 11.8 Å². The summed E-state index contributed by atoms with van der Waals surface area (Å²) < 4.78 is 10.7. The van der Waals surface area contributed by atoms with Crippen molar-refractivity contribution in [1.29, 1.82) is 0 Å². The van der Waals surface area contributed by atoms with Crippen molar-refractivity contribution in [2.24, 2.45) is 0 Å². The quantitative estimate of drug-likeness (QED) is 0.827. The van der Waals surface area contributed by atoms with Gasteiger partial charge in [0, 0.05) is 11.4 Å². The van der Waals surface area contributed by atoms with Crippen LogP contribution in [0.4, 0.5) is 0 Å². The standard InChI is InChI=1S/C15H19NO5S/c1-10(21-11-3-5-12(22-2)6-4-11)14(17)16-7-8-20-13(9-16)15(18)19/h3-6,10,13H,7-9H2,1-2H3,(H,18,19). The fourth-order valence-electron chi connectivity index (χ4n) is 2.16. The number of carboxylic acids is 1. The number of carbonyl (C=O) groups excluding carboxylic acids is 1. The van der Waals surface area contributed by atoms with E-state index in [1.165, 1.54) is 4.90 Å². The van der Waals surface area contributed by atoms with Gasteiger partial charge >= 0.3 is 5.97 Å². The molecule has 7 heteroatoms. The lowest BCUT2D eigenvalue weighted by molar-refractivity contribution is -0.161. The predicted octanol–water partition coefficient (Wildman–Crippen LogP) is 1.49. The third-order valence-electron chi connectivity index (χ3n) is 3.37. The molecule has 1 fully saturated rings. The summed E-state index contributed by atoms with van der Waals surface area (Å²) in [5.74, 6) is -0.677.